The van der Waals surface area contributed by atoms with Gasteiger partial charge >= 0.3 is 0 Å². The highest BCUT2D eigenvalue weighted by Crippen LogP contribution is 2.35. The Morgan fingerprint density at radius 2 is 1.96 bits per heavy atom. The quantitative estimate of drug-likeness (QED) is 0.517. The van der Waals surface area contributed by atoms with E-state index in [2.05, 4.69) is 17.6 Å². The second kappa shape index (κ2) is 5.68. The van der Waals surface area contributed by atoms with Crippen LogP contribution in [0, 0.1) is 0 Å². The molecule has 118 valence electrons. The minimum atomic E-state index is -0.131. The number of nitrogen functional groups attached to an aromatic ring is 2. The normalized spacial score (nSPS) is 15.1. The first-order chi connectivity index (χ1) is 11.0. The molecule has 1 heterocycles. The van der Waals surface area contributed by atoms with Crippen LogP contribution in [0.2, 0.25) is 0 Å². The van der Waals surface area contributed by atoms with Gasteiger partial charge in [0.25, 0.3) is 5.91 Å². The maximum absolute atomic E-state index is 12.3. The minimum Gasteiger partial charge on any atom is -0.399 e. The van der Waals surface area contributed by atoms with E-state index in [1.54, 1.807) is 6.07 Å². The number of aryl methyl sites for hydroxylation is 1. The van der Waals surface area contributed by atoms with Crippen molar-refractivity contribution in [2.75, 3.05) is 22.1 Å². The molecule has 0 bridgehead atoms. The van der Waals surface area contributed by atoms with Crippen LogP contribution in [-0.4, -0.2) is 5.91 Å². The molecular formula is C18H20N4O. The van der Waals surface area contributed by atoms with Gasteiger partial charge in [0, 0.05) is 34.0 Å². The first-order valence-corrected chi connectivity index (χ1v) is 7.57. The SMILES string of the molecule is CCc1ccc(N/C(C)=C2\C(=O)Nc3ccc(N)cc32)cc1N. The van der Waals surface area contributed by atoms with Gasteiger partial charge in [-0.2, -0.15) is 0 Å². The van der Waals surface area contributed by atoms with Crippen LogP contribution < -0.4 is 22.1 Å². The number of fused-ring (bicyclic) bond motifs is 1. The van der Waals surface area contributed by atoms with Gasteiger partial charge in [-0.25, -0.2) is 0 Å². The molecular weight excluding hydrogens is 288 g/mol. The molecule has 23 heavy (non-hydrogen) atoms. The number of nitrogens with one attached hydrogen (secondary N) is 2. The van der Waals surface area contributed by atoms with Crippen LogP contribution in [0.1, 0.15) is 25.0 Å². The summed E-state index contributed by atoms with van der Waals surface area (Å²) in [5, 5.41) is 6.12. The summed E-state index contributed by atoms with van der Waals surface area (Å²) in [4.78, 5) is 12.3. The van der Waals surface area contributed by atoms with Crippen molar-refractivity contribution in [1.29, 1.82) is 0 Å². The van der Waals surface area contributed by atoms with E-state index in [-0.39, 0.29) is 5.91 Å². The number of nitrogens with two attached hydrogens (primary N) is 2. The van der Waals surface area contributed by atoms with Crippen molar-refractivity contribution in [2.45, 2.75) is 20.3 Å². The molecule has 2 aromatic carbocycles. The first kappa shape index (κ1) is 15.0. The first-order valence-electron chi connectivity index (χ1n) is 7.57. The summed E-state index contributed by atoms with van der Waals surface area (Å²) >= 11 is 0. The molecule has 5 nitrogen and oxygen atoms in total. The highest BCUT2D eigenvalue weighted by atomic mass is 16.2. The van der Waals surface area contributed by atoms with Crippen molar-refractivity contribution in [3.05, 3.63) is 53.2 Å². The summed E-state index contributed by atoms with van der Waals surface area (Å²) in [6.45, 7) is 3.94. The Kier molecular flexibility index (Phi) is 3.70. The van der Waals surface area contributed by atoms with Crippen molar-refractivity contribution < 1.29 is 4.79 Å². The maximum atomic E-state index is 12.3. The second-order valence-corrected chi connectivity index (χ2v) is 5.65. The van der Waals surface area contributed by atoms with Crippen LogP contribution in [0.15, 0.2) is 42.1 Å². The van der Waals surface area contributed by atoms with E-state index < -0.39 is 0 Å². The van der Waals surface area contributed by atoms with Crippen molar-refractivity contribution in [3.63, 3.8) is 0 Å². The average molecular weight is 308 g/mol. The van der Waals surface area contributed by atoms with E-state index >= 15 is 0 Å². The Bertz CT molecular complexity index is 824. The largest absolute Gasteiger partial charge is 0.399 e. The molecule has 5 heteroatoms. The van der Waals surface area contributed by atoms with E-state index in [1.165, 1.54) is 0 Å². The van der Waals surface area contributed by atoms with E-state index in [1.807, 2.05) is 37.3 Å². The summed E-state index contributed by atoms with van der Waals surface area (Å²) in [7, 11) is 0. The molecule has 1 amide bonds. The summed E-state index contributed by atoms with van der Waals surface area (Å²) in [6.07, 6.45) is 0.890. The smallest absolute Gasteiger partial charge is 0.258 e. The number of anilines is 4. The van der Waals surface area contributed by atoms with Gasteiger partial charge in [-0.05, 0) is 49.2 Å². The molecule has 0 fully saturated rings. The Balaban J connectivity index is 1.98. The number of carbonyl (C=O) groups excluding carboxylic acids is 1. The summed E-state index contributed by atoms with van der Waals surface area (Å²) < 4.78 is 0. The molecule has 0 aromatic heterocycles. The molecule has 1 aliphatic heterocycles. The summed E-state index contributed by atoms with van der Waals surface area (Å²) in [5.41, 5.74) is 18.2. The van der Waals surface area contributed by atoms with Crippen molar-refractivity contribution in [2.24, 2.45) is 0 Å². The monoisotopic (exact) mass is 308 g/mol. The fourth-order valence-corrected chi connectivity index (χ4v) is 2.83. The molecule has 0 radical (unpaired) electrons. The third-order valence-electron chi connectivity index (χ3n) is 4.02. The third-order valence-corrected chi connectivity index (χ3v) is 4.02. The van der Waals surface area contributed by atoms with Crippen molar-refractivity contribution in [1.82, 2.24) is 0 Å². The van der Waals surface area contributed by atoms with Crippen molar-refractivity contribution >= 4 is 34.2 Å². The van der Waals surface area contributed by atoms with Gasteiger partial charge in [-0.1, -0.05) is 13.0 Å². The zero-order valence-corrected chi connectivity index (χ0v) is 13.2. The minimum absolute atomic E-state index is 0.131. The van der Waals surface area contributed by atoms with Crippen LogP contribution in [0.5, 0.6) is 0 Å². The lowest BCUT2D eigenvalue weighted by molar-refractivity contribution is -0.110. The van der Waals surface area contributed by atoms with Gasteiger partial charge in [-0.15, -0.1) is 0 Å². The third kappa shape index (κ3) is 2.73. The maximum Gasteiger partial charge on any atom is 0.258 e. The Morgan fingerprint density at radius 3 is 2.65 bits per heavy atom. The number of benzene rings is 2. The lowest BCUT2D eigenvalue weighted by Gasteiger charge is -2.12. The molecule has 0 atom stereocenters. The lowest BCUT2D eigenvalue weighted by Crippen LogP contribution is -2.09. The number of allylic oxidation sites excluding steroid dienone is 1. The summed E-state index contributed by atoms with van der Waals surface area (Å²) in [6, 6.07) is 11.2. The fraction of sp³-hybridized carbons (Fsp3) is 0.167. The molecule has 6 N–H and O–H groups in total. The summed E-state index contributed by atoms with van der Waals surface area (Å²) in [5.74, 6) is -0.131. The van der Waals surface area contributed by atoms with Crippen LogP contribution in [0.4, 0.5) is 22.7 Å². The van der Waals surface area contributed by atoms with Gasteiger partial charge in [0.1, 0.15) is 0 Å². The molecule has 0 saturated heterocycles. The van der Waals surface area contributed by atoms with Gasteiger partial charge in [0.15, 0.2) is 0 Å². The predicted molar refractivity (Wildman–Crippen MR) is 95.9 cm³/mol. The molecule has 0 spiro atoms. The van der Waals surface area contributed by atoms with Crippen LogP contribution >= 0.6 is 0 Å². The molecule has 0 saturated carbocycles. The van der Waals surface area contributed by atoms with Gasteiger partial charge < -0.3 is 22.1 Å². The van der Waals surface area contributed by atoms with Crippen LogP contribution in [0.25, 0.3) is 5.57 Å². The Labute approximate surface area is 135 Å². The molecule has 2 aromatic rings. The standard InChI is InChI=1S/C18H20N4O/c1-3-11-4-6-13(9-15(11)20)21-10(2)17-14-8-12(19)5-7-16(14)22-18(17)23/h4-9,21H,3,19-20H2,1-2H3,(H,22,23)/b17-10-. The van der Waals surface area contributed by atoms with E-state index in [9.17, 15) is 4.79 Å². The molecule has 3 rings (SSSR count). The number of hydrogen-bond donors (Lipinski definition) is 4. The number of rotatable bonds is 3. The zero-order valence-electron chi connectivity index (χ0n) is 13.2. The lowest BCUT2D eigenvalue weighted by atomic mass is 10.0. The molecule has 0 aliphatic carbocycles. The van der Waals surface area contributed by atoms with Crippen LogP contribution in [-0.2, 0) is 11.2 Å². The number of amides is 1. The topological polar surface area (TPSA) is 93.2 Å². The van der Waals surface area contributed by atoms with E-state index in [0.717, 1.165) is 40.3 Å². The van der Waals surface area contributed by atoms with E-state index in [0.29, 0.717) is 11.3 Å². The average Bonchev–Trinajstić information content (AvgIpc) is 2.82. The fourth-order valence-electron chi connectivity index (χ4n) is 2.83. The Hall–Kier alpha value is -2.95. The second-order valence-electron chi connectivity index (χ2n) is 5.65. The van der Waals surface area contributed by atoms with Gasteiger partial charge in [0.2, 0.25) is 0 Å². The van der Waals surface area contributed by atoms with Crippen LogP contribution in [0.3, 0.4) is 0 Å². The Morgan fingerprint density at radius 1 is 1.17 bits per heavy atom. The number of carbonyl (C=O) groups is 1. The molecule has 1 aliphatic rings. The van der Waals surface area contributed by atoms with E-state index in [4.69, 9.17) is 11.5 Å². The van der Waals surface area contributed by atoms with Gasteiger partial charge in [-0.3, -0.25) is 4.79 Å². The zero-order chi connectivity index (χ0) is 16.6. The number of hydrogen-bond acceptors (Lipinski definition) is 4. The van der Waals surface area contributed by atoms with Gasteiger partial charge in [0.05, 0.1) is 5.57 Å². The van der Waals surface area contributed by atoms with Crippen molar-refractivity contribution in [3.8, 4) is 0 Å². The highest BCUT2D eigenvalue weighted by molar-refractivity contribution is 6.32. The molecule has 0 unspecified atom stereocenters. The highest BCUT2D eigenvalue weighted by Gasteiger charge is 2.26. The predicted octanol–water partition coefficient (Wildman–Crippen LogP) is 3.21.